The number of hydrogen-bond donors (Lipinski definition) is 1. The van der Waals surface area contributed by atoms with Crippen molar-refractivity contribution in [2.24, 2.45) is 0 Å². The zero-order chi connectivity index (χ0) is 21.6. The van der Waals surface area contributed by atoms with Gasteiger partial charge in [0.2, 0.25) is 5.89 Å². The third-order valence-corrected chi connectivity index (χ3v) is 5.19. The minimum absolute atomic E-state index is 0.0813. The summed E-state index contributed by atoms with van der Waals surface area (Å²) >= 11 is 0. The van der Waals surface area contributed by atoms with Gasteiger partial charge in [-0.05, 0) is 43.2 Å². The van der Waals surface area contributed by atoms with E-state index in [9.17, 15) is 18.0 Å². The van der Waals surface area contributed by atoms with Crippen molar-refractivity contribution in [2.45, 2.75) is 31.5 Å². The van der Waals surface area contributed by atoms with E-state index in [-0.39, 0.29) is 17.4 Å². The third-order valence-electron chi connectivity index (χ3n) is 5.19. The standard InChI is InChI=1S/C21H16F3N5O2/c22-21(23,24)17-10-12(6-8-25-17)20-28-18-15(4-1-5-16(18)31-20)27-19(30)13-9-14-3-2-7-26-29(14)11-13/h2-3,6-11,15H,1,4-5H2,(H,27,30). The van der Waals surface area contributed by atoms with Crippen LogP contribution in [-0.4, -0.2) is 25.5 Å². The molecule has 0 spiro atoms. The van der Waals surface area contributed by atoms with Crippen LogP contribution in [0.15, 0.2) is 53.3 Å². The number of amides is 1. The summed E-state index contributed by atoms with van der Waals surface area (Å²) in [6.45, 7) is 0. The number of pyridine rings is 1. The van der Waals surface area contributed by atoms with Crippen LogP contribution >= 0.6 is 0 Å². The van der Waals surface area contributed by atoms with Crippen molar-refractivity contribution >= 4 is 11.4 Å². The summed E-state index contributed by atoms with van der Waals surface area (Å²) in [4.78, 5) is 20.6. The zero-order valence-electron chi connectivity index (χ0n) is 16.1. The number of alkyl halides is 3. The van der Waals surface area contributed by atoms with Gasteiger partial charge in [-0.15, -0.1) is 0 Å². The molecule has 4 aromatic rings. The van der Waals surface area contributed by atoms with E-state index in [1.54, 1.807) is 29.0 Å². The fourth-order valence-corrected chi connectivity index (χ4v) is 3.71. The van der Waals surface area contributed by atoms with Gasteiger partial charge >= 0.3 is 6.18 Å². The molecule has 4 heterocycles. The second-order valence-corrected chi connectivity index (χ2v) is 7.30. The van der Waals surface area contributed by atoms with Crippen LogP contribution in [0.1, 0.15) is 46.4 Å². The summed E-state index contributed by atoms with van der Waals surface area (Å²) in [7, 11) is 0. The Hall–Kier alpha value is -3.69. The first-order valence-corrected chi connectivity index (χ1v) is 9.66. The van der Waals surface area contributed by atoms with Crippen LogP contribution in [-0.2, 0) is 12.6 Å². The summed E-state index contributed by atoms with van der Waals surface area (Å²) in [5, 5.41) is 7.11. The van der Waals surface area contributed by atoms with E-state index in [2.05, 4.69) is 20.4 Å². The fourth-order valence-electron chi connectivity index (χ4n) is 3.71. The van der Waals surface area contributed by atoms with E-state index < -0.39 is 17.9 Å². The molecule has 5 rings (SSSR count). The minimum atomic E-state index is -4.56. The molecule has 1 aliphatic rings. The normalized spacial score (nSPS) is 16.3. The summed E-state index contributed by atoms with van der Waals surface area (Å²) in [6, 6.07) is 7.29. The number of carbonyl (C=O) groups is 1. The lowest BCUT2D eigenvalue weighted by Gasteiger charge is -2.21. The molecule has 0 fully saturated rings. The van der Waals surface area contributed by atoms with Crippen molar-refractivity contribution in [3.63, 3.8) is 0 Å². The second-order valence-electron chi connectivity index (χ2n) is 7.30. The van der Waals surface area contributed by atoms with Crippen molar-refractivity contribution in [3.05, 3.63) is 71.6 Å². The lowest BCUT2D eigenvalue weighted by molar-refractivity contribution is -0.141. The molecule has 0 saturated heterocycles. The number of nitrogens with one attached hydrogen (secondary N) is 1. The predicted molar refractivity (Wildman–Crippen MR) is 103 cm³/mol. The second kappa shape index (κ2) is 7.22. The average Bonchev–Trinajstić information content (AvgIpc) is 3.38. The number of aryl methyl sites for hydroxylation is 1. The van der Waals surface area contributed by atoms with Gasteiger partial charge in [0.1, 0.15) is 17.1 Å². The van der Waals surface area contributed by atoms with Crippen LogP contribution in [0, 0.1) is 0 Å². The highest BCUT2D eigenvalue weighted by molar-refractivity contribution is 5.95. The molecule has 10 heteroatoms. The maximum Gasteiger partial charge on any atom is 0.433 e. The lowest BCUT2D eigenvalue weighted by Crippen LogP contribution is -2.30. The number of rotatable bonds is 3. The molecule has 1 N–H and O–H groups in total. The molecule has 0 aromatic carbocycles. The molecular weight excluding hydrogens is 411 g/mol. The SMILES string of the molecule is O=C(NC1CCCc2oc(-c3ccnc(C(F)(F)F)c3)nc21)c1cc2cccnn2c1. The molecule has 31 heavy (non-hydrogen) atoms. The van der Waals surface area contributed by atoms with E-state index >= 15 is 0 Å². The topological polar surface area (TPSA) is 85.3 Å². The molecule has 0 bridgehead atoms. The molecular formula is C21H16F3N5O2. The molecule has 0 saturated carbocycles. The van der Waals surface area contributed by atoms with E-state index in [0.717, 1.165) is 24.2 Å². The van der Waals surface area contributed by atoms with Crippen molar-refractivity contribution in [1.29, 1.82) is 0 Å². The first-order chi connectivity index (χ1) is 14.9. The molecule has 158 valence electrons. The van der Waals surface area contributed by atoms with Crippen LogP contribution in [0.3, 0.4) is 0 Å². The minimum Gasteiger partial charge on any atom is -0.441 e. The van der Waals surface area contributed by atoms with E-state index in [1.807, 2.05) is 6.07 Å². The van der Waals surface area contributed by atoms with Gasteiger partial charge in [0, 0.05) is 30.6 Å². The molecule has 0 aliphatic heterocycles. The number of carbonyl (C=O) groups excluding carboxylic acids is 1. The van der Waals surface area contributed by atoms with Crippen LogP contribution < -0.4 is 5.32 Å². The predicted octanol–water partition coefficient (Wildman–Crippen LogP) is 4.21. The van der Waals surface area contributed by atoms with Crippen molar-refractivity contribution in [1.82, 2.24) is 24.9 Å². The van der Waals surface area contributed by atoms with Gasteiger partial charge in [-0.1, -0.05) is 0 Å². The van der Waals surface area contributed by atoms with Gasteiger partial charge in [-0.25, -0.2) is 9.50 Å². The van der Waals surface area contributed by atoms with Crippen molar-refractivity contribution in [3.8, 4) is 11.5 Å². The van der Waals surface area contributed by atoms with Gasteiger partial charge in [0.25, 0.3) is 5.91 Å². The Morgan fingerprint density at radius 3 is 2.90 bits per heavy atom. The number of aromatic nitrogens is 4. The van der Waals surface area contributed by atoms with Gasteiger partial charge in [-0.3, -0.25) is 9.78 Å². The number of nitrogens with zero attached hydrogens (tertiary/aromatic N) is 4. The average molecular weight is 427 g/mol. The highest BCUT2D eigenvalue weighted by Gasteiger charge is 2.33. The van der Waals surface area contributed by atoms with E-state index in [4.69, 9.17) is 4.42 Å². The van der Waals surface area contributed by atoms with E-state index in [1.165, 1.54) is 6.07 Å². The number of oxazole rings is 1. The number of hydrogen-bond acceptors (Lipinski definition) is 5. The van der Waals surface area contributed by atoms with Crippen LogP contribution in [0.5, 0.6) is 0 Å². The first-order valence-electron chi connectivity index (χ1n) is 9.66. The van der Waals surface area contributed by atoms with Gasteiger partial charge in [-0.2, -0.15) is 18.3 Å². The highest BCUT2D eigenvalue weighted by Crippen LogP contribution is 2.35. The summed E-state index contributed by atoms with van der Waals surface area (Å²) in [5.74, 6) is 0.370. The maximum absolute atomic E-state index is 13.0. The number of halogens is 3. The van der Waals surface area contributed by atoms with Gasteiger partial charge < -0.3 is 9.73 Å². The Morgan fingerprint density at radius 1 is 1.23 bits per heavy atom. The quantitative estimate of drug-likeness (QED) is 0.529. The Balaban J connectivity index is 1.42. The highest BCUT2D eigenvalue weighted by atomic mass is 19.4. The summed E-state index contributed by atoms with van der Waals surface area (Å²) in [5.41, 5.74) is 0.964. The number of fused-ring (bicyclic) bond motifs is 2. The zero-order valence-corrected chi connectivity index (χ0v) is 16.1. The Labute approximate surface area is 173 Å². The molecule has 1 amide bonds. The fraction of sp³-hybridized carbons (Fsp3) is 0.238. The monoisotopic (exact) mass is 427 g/mol. The first kappa shape index (κ1) is 19.3. The largest absolute Gasteiger partial charge is 0.441 e. The Kier molecular flexibility index (Phi) is 4.49. The van der Waals surface area contributed by atoms with Crippen molar-refractivity contribution < 1.29 is 22.4 Å². The molecule has 1 unspecified atom stereocenters. The molecule has 0 radical (unpaired) electrons. The van der Waals surface area contributed by atoms with E-state index in [0.29, 0.717) is 29.9 Å². The van der Waals surface area contributed by atoms with Crippen LogP contribution in [0.25, 0.3) is 17.0 Å². The lowest BCUT2D eigenvalue weighted by atomic mass is 9.96. The van der Waals surface area contributed by atoms with Crippen LogP contribution in [0.4, 0.5) is 13.2 Å². The smallest absolute Gasteiger partial charge is 0.433 e. The summed E-state index contributed by atoms with van der Waals surface area (Å²) < 4.78 is 46.3. The molecule has 1 atom stereocenters. The molecule has 1 aliphatic carbocycles. The summed E-state index contributed by atoms with van der Waals surface area (Å²) in [6.07, 6.45) is 1.80. The van der Waals surface area contributed by atoms with Crippen LogP contribution in [0.2, 0.25) is 0 Å². The maximum atomic E-state index is 13.0. The molecule has 7 nitrogen and oxygen atoms in total. The third kappa shape index (κ3) is 3.65. The van der Waals surface area contributed by atoms with Gasteiger partial charge in [0.05, 0.1) is 17.1 Å². The Bertz CT molecular complexity index is 1240. The van der Waals surface area contributed by atoms with Gasteiger partial charge in [0.15, 0.2) is 0 Å². The Morgan fingerprint density at radius 2 is 2.10 bits per heavy atom. The van der Waals surface area contributed by atoms with Crippen molar-refractivity contribution in [2.75, 3.05) is 0 Å². The molecule has 4 aromatic heterocycles.